The first-order valence-electron chi connectivity index (χ1n) is 9.62. The highest BCUT2D eigenvalue weighted by Gasteiger charge is 2.13. The lowest BCUT2D eigenvalue weighted by atomic mass is 10.1. The van der Waals surface area contributed by atoms with Crippen LogP contribution in [0.5, 0.6) is 0 Å². The van der Waals surface area contributed by atoms with Crippen LogP contribution in [-0.2, 0) is 0 Å². The Balaban J connectivity index is 1.67. The lowest BCUT2D eigenvalue weighted by Gasteiger charge is -2.26. The molecule has 0 aromatic heterocycles. The summed E-state index contributed by atoms with van der Waals surface area (Å²) in [6.45, 7) is 0. The average Bonchev–Trinajstić information content (AvgIpc) is 2.81. The first-order chi connectivity index (χ1) is 14.6. The van der Waals surface area contributed by atoms with Gasteiger partial charge < -0.3 is 9.80 Å². The lowest BCUT2D eigenvalue weighted by molar-refractivity contribution is -0.384. The van der Waals surface area contributed by atoms with E-state index in [9.17, 15) is 10.1 Å². The highest BCUT2D eigenvalue weighted by molar-refractivity contribution is 5.78. The van der Waals surface area contributed by atoms with Gasteiger partial charge in [-0.25, -0.2) is 0 Å². The fourth-order valence-electron chi connectivity index (χ4n) is 3.39. The maximum absolute atomic E-state index is 11.1. The van der Waals surface area contributed by atoms with E-state index in [4.69, 9.17) is 0 Å². The molecule has 4 aromatic rings. The van der Waals surface area contributed by atoms with Crippen molar-refractivity contribution >= 4 is 34.1 Å². The number of nitrogens with zero attached hydrogens (tertiary/aromatic N) is 3. The number of nitro benzene ring substituents is 1. The maximum atomic E-state index is 11.1. The van der Waals surface area contributed by atoms with E-state index in [1.807, 2.05) is 66.5 Å². The molecule has 4 aromatic carbocycles. The molecule has 0 spiro atoms. The summed E-state index contributed by atoms with van der Waals surface area (Å²) in [6.07, 6.45) is 0. The second-order valence-electron chi connectivity index (χ2n) is 6.86. The van der Waals surface area contributed by atoms with E-state index in [0.717, 1.165) is 28.4 Å². The first-order valence-corrected chi connectivity index (χ1v) is 9.62. The molecule has 0 heterocycles. The van der Waals surface area contributed by atoms with Crippen LogP contribution in [-0.4, -0.2) is 12.0 Å². The molecule has 0 saturated carbocycles. The highest BCUT2D eigenvalue weighted by atomic mass is 16.6. The molecule has 148 valence electrons. The van der Waals surface area contributed by atoms with Crippen LogP contribution in [0.3, 0.4) is 0 Å². The van der Waals surface area contributed by atoms with Gasteiger partial charge in [0.1, 0.15) is 0 Å². The van der Waals surface area contributed by atoms with Gasteiger partial charge in [0, 0.05) is 47.6 Å². The number of non-ortho nitro benzene ring substituents is 1. The molecule has 5 nitrogen and oxygen atoms in total. The molecule has 0 bridgehead atoms. The van der Waals surface area contributed by atoms with Crippen LogP contribution in [0.4, 0.5) is 34.1 Å². The molecule has 0 radical (unpaired) electrons. The van der Waals surface area contributed by atoms with Crippen molar-refractivity contribution in [3.8, 4) is 0 Å². The van der Waals surface area contributed by atoms with Crippen molar-refractivity contribution in [2.75, 3.05) is 16.8 Å². The summed E-state index contributed by atoms with van der Waals surface area (Å²) in [5.74, 6) is 0. The third-order valence-electron chi connectivity index (χ3n) is 4.95. The summed E-state index contributed by atoms with van der Waals surface area (Å²) in [5, 5.41) is 11.1. The van der Waals surface area contributed by atoms with Gasteiger partial charge in [0.05, 0.1) is 4.92 Å². The number of benzene rings is 4. The molecule has 0 unspecified atom stereocenters. The van der Waals surface area contributed by atoms with Gasteiger partial charge in [-0.1, -0.05) is 42.5 Å². The van der Waals surface area contributed by atoms with Crippen molar-refractivity contribution in [2.45, 2.75) is 0 Å². The van der Waals surface area contributed by atoms with Crippen molar-refractivity contribution in [3.05, 3.63) is 119 Å². The highest BCUT2D eigenvalue weighted by Crippen LogP contribution is 2.35. The van der Waals surface area contributed by atoms with Crippen LogP contribution in [0.25, 0.3) is 0 Å². The van der Waals surface area contributed by atoms with Crippen LogP contribution in [0.1, 0.15) is 0 Å². The number of rotatable bonds is 6. The van der Waals surface area contributed by atoms with Crippen LogP contribution in [0, 0.1) is 10.1 Å². The van der Waals surface area contributed by atoms with Crippen molar-refractivity contribution in [1.82, 2.24) is 0 Å². The molecule has 4 rings (SSSR count). The van der Waals surface area contributed by atoms with Gasteiger partial charge in [-0.2, -0.15) is 0 Å². The number of para-hydroxylation sites is 2. The molecule has 0 aliphatic rings. The van der Waals surface area contributed by atoms with Gasteiger partial charge in [-0.15, -0.1) is 0 Å². The van der Waals surface area contributed by atoms with E-state index in [2.05, 4.69) is 41.3 Å². The van der Waals surface area contributed by atoms with E-state index in [-0.39, 0.29) is 10.6 Å². The van der Waals surface area contributed by atoms with E-state index in [1.54, 1.807) is 12.1 Å². The molecule has 30 heavy (non-hydrogen) atoms. The molecule has 0 atom stereocenters. The number of hydrogen-bond acceptors (Lipinski definition) is 4. The third-order valence-corrected chi connectivity index (χ3v) is 4.95. The van der Waals surface area contributed by atoms with Gasteiger partial charge in [0.2, 0.25) is 0 Å². The molecule has 0 aliphatic heterocycles. The Morgan fingerprint density at radius 1 is 0.600 bits per heavy atom. The van der Waals surface area contributed by atoms with Crippen LogP contribution in [0.15, 0.2) is 109 Å². The molecular formula is C25H21N3O2. The van der Waals surface area contributed by atoms with Gasteiger partial charge in [0.15, 0.2) is 0 Å². The molecule has 0 saturated heterocycles. The zero-order chi connectivity index (χ0) is 20.9. The topological polar surface area (TPSA) is 49.6 Å². The predicted molar refractivity (Wildman–Crippen MR) is 122 cm³/mol. The second-order valence-corrected chi connectivity index (χ2v) is 6.86. The van der Waals surface area contributed by atoms with Crippen LogP contribution in [0.2, 0.25) is 0 Å². The quantitative estimate of drug-likeness (QED) is 0.265. The molecule has 0 fully saturated rings. The lowest BCUT2D eigenvalue weighted by Crippen LogP contribution is -2.12. The summed E-state index contributed by atoms with van der Waals surface area (Å²) < 4.78 is 0. The minimum Gasteiger partial charge on any atom is -0.344 e. The summed E-state index contributed by atoms with van der Waals surface area (Å²) >= 11 is 0. The number of hydrogen-bond donors (Lipinski definition) is 0. The van der Waals surface area contributed by atoms with E-state index in [1.165, 1.54) is 6.07 Å². The normalized spacial score (nSPS) is 10.4. The van der Waals surface area contributed by atoms with Crippen LogP contribution < -0.4 is 9.80 Å². The smallest absolute Gasteiger partial charge is 0.271 e. The van der Waals surface area contributed by atoms with Crippen molar-refractivity contribution in [3.63, 3.8) is 0 Å². The summed E-state index contributed by atoms with van der Waals surface area (Å²) in [5.41, 5.74) is 4.96. The Morgan fingerprint density at radius 3 is 1.60 bits per heavy atom. The number of nitro groups is 1. The Kier molecular flexibility index (Phi) is 5.44. The minimum atomic E-state index is -0.377. The molecule has 0 amide bonds. The van der Waals surface area contributed by atoms with Crippen molar-refractivity contribution < 1.29 is 4.92 Å². The van der Waals surface area contributed by atoms with E-state index >= 15 is 0 Å². The zero-order valence-electron chi connectivity index (χ0n) is 16.6. The average molecular weight is 395 g/mol. The Hall–Kier alpha value is -4.12. The molecular weight excluding hydrogens is 374 g/mol. The Morgan fingerprint density at radius 2 is 1.07 bits per heavy atom. The Labute approximate surface area is 175 Å². The second kappa shape index (κ2) is 8.49. The molecule has 5 heteroatoms. The minimum absolute atomic E-state index is 0.0790. The fraction of sp³-hybridized carbons (Fsp3) is 0.0400. The SMILES string of the molecule is CN(c1ccc(N(c2ccccc2)c2ccccc2)cc1)c1cccc([N+](=O)[O-])c1. The monoisotopic (exact) mass is 395 g/mol. The predicted octanol–water partition coefficient (Wildman–Crippen LogP) is 6.83. The summed E-state index contributed by atoms with van der Waals surface area (Å²) in [6, 6.07) is 35.2. The first kappa shape index (κ1) is 19.2. The van der Waals surface area contributed by atoms with Gasteiger partial charge in [0.25, 0.3) is 5.69 Å². The van der Waals surface area contributed by atoms with E-state index < -0.39 is 0 Å². The van der Waals surface area contributed by atoms with Crippen molar-refractivity contribution in [2.24, 2.45) is 0 Å². The Bertz CT molecular complexity index is 1090. The fourth-order valence-corrected chi connectivity index (χ4v) is 3.39. The maximum Gasteiger partial charge on any atom is 0.271 e. The zero-order valence-corrected chi connectivity index (χ0v) is 16.6. The standard InChI is InChI=1S/C25H21N3O2/c1-26(24-13-8-14-25(19-24)28(29)30)20-15-17-23(18-16-20)27(21-9-4-2-5-10-21)22-11-6-3-7-12-22/h2-19H,1H3. The summed E-state index contributed by atoms with van der Waals surface area (Å²) in [4.78, 5) is 14.8. The molecule has 0 aliphatic carbocycles. The van der Waals surface area contributed by atoms with Crippen molar-refractivity contribution in [1.29, 1.82) is 0 Å². The van der Waals surface area contributed by atoms with Gasteiger partial charge >= 0.3 is 0 Å². The third kappa shape index (κ3) is 4.00. The summed E-state index contributed by atoms with van der Waals surface area (Å²) in [7, 11) is 1.90. The van der Waals surface area contributed by atoms with E-state index in [0.29, 0.717) is 0 Å². The largest absolute Gasteiger partial charge is 0.344 e. The van der Waals surface area contributed by atoms with Gasteiger partial charge in [-0.3, -0.25) is 10.1 Å². The number of anilines is 5. The van der Waals surface area contributed by atoms with Gasteiger partial charge in [-0.05, 0) is 54.6 Å². The van der Waals surface area contributed by atoms with Crippen LogP contribution >= 0.6 is 0 Å². The molecule has 0 N–H and O–H groups in total.